The maximum absolute atomic E-state index is 6.41. The molecule has 0 radical (unpaired) electrons. The van der Waals surface area contributed by atoms with Crippen molar-refractivity contribution in [2.24, 2.45) is 0 Å². The fourth-order valence-electron chi connectivity index (χ4n) is 6.16. The van der Waals surface area contributed by atoms with E-state index in [0.29, 0.717) is 11.5 Å². The van der Waals surface area contributed by atoms with Gasteiger partial charge in [-0.2, -0.15) is 12.1 Å². The normalized spacial score (nSPS) is 13.1. The molecule has 4 aromatic carbocycles. The Morgan fingerprint density at radius 3 is 2.22 bits per heavy atom. The van der Waals surface area contributed by atoms with Crippen LogP contribution in [0, 0.1) is 46.5 Å². The molecule has 0 saturated carbocycles. The van der Waals surface area contributed by atoms with Gasteiger partial charge < -0.3 is 19.1 Å². The average molecular weight is 785 g/mol. The summed E-state index contributed by atoms with van der Waals surface area (Å²) in [4.78, 5) is 9.05. The van der Waals surface area contributed by atoms with E-state index in [0.717, 1.165) is 33.3 Å². The van der Waals surface area contributed by atoms with Crippen molar-refractivity contribution in [1.82, 2.24) is 9.55 Å². The van der Waals surface area contributed by atoms with Gasteiger partial charge in [0.15, 0.2) is 0 Å². The van der Waals surface area contributed by atoms with Crippen LogP contribution in [0.15, 0.2) is 91.4 Å². The van der Waals surface area contributed by atoms with Gasteiger partial charge in [-0.15, -0.1) is 48.1 Å². The Labute approximate surface area is 286 Å². The fourth-order valence-corrected chi connectivity index (χ4v) is 6.16. The van der Waals surface area contributed by atoms with Gasteiger partial charge in [-0.05, 0) is 96.9 Å². The van der Waals surface area contributed by atoms with Crippen molar-refractivity contribution in [2.75, 3.05) is 9.80 Å². The standard InChI is InChI=1S/C40H37N4O.Pt/c1-26-21-27(2)29(4)39(28(26)3)43-20-19-42(25-43)31-11-10-12-32(23-31)45-33-15-16-35-34-13-8-9-14-36(34)44(37(35)24-33)38-22-30(17-18-41-38)40(5,6)7;/h8-22,25H,1-7H3;/q-3;. The molecule has 1 aliphatic heterocycles. The molecule has 6 heteroatoms. The van der Waals surface area contributed by atoms with Crippen LogP contribution in [0.4, 0.5) is 11.4 Å². The monoisotopic (exact) mass is 784 g/mol. The third kappa shape index (κ3) is 5.62. The summed E-state index contributed by atoms with van der Waals surface area (Å²) in [5, 5.41) is 2.26. The molecule has 0 bridgehead atoms. The predicted molar refractivity (Wildman–Crippen MR) is 185 cm³/mol. The van der Waals surface area contributed by atoms with Crippen molar-refractivity contribution >= 4 is 33.2 Å². The van der Waals surface area contributed by atoms with Crippen molar-refractivity contribution in [3.05, 3.63) is 138 Å². The average Bonchev–Trinajstić information content (AvgIpc) is 3.63. The zero-order valence-corrected chi connectivity index (χ0v) is 29.5. The van der Waals surface area contributed by atoms with E-state index in [9.17, 15) is 0 Å². The molecule has 0 atom stereocenters. The summed E-state index contributed by atoms with van der Waals surface area (Å²) in [6, 6.07) is 32.0. The van der Waals surface area contributed by atoms with Crippen LogP contribution < -0.4 is 14.5 Å². The molecule has 3 heterocycles. The van der Waals surface area contributed by atoms with Gasteiger partial charge >= 0.3 is 0 Å². The van der Waals surface area contributed by atoms with Gasteiger partial charge in [0.1, 0.15) is 5.82 Å². The second kappa shape index (κ2) is 12.1. The SMILES string of the molecule is Cc1cc(C)c(C)c(N2C=CN(c3[c-]c(Oc4[c-]c5c(cc4)c4ccccc4n5-c4cc(C(C)(C)C)ccn4)ccc3)[CH-]2)c1C.[Pt]. The molecule has 0 aliphatic carbocycles. The van der Waals surface area contributed by atoms with E-state index in [-0.39, 0.29) is 26.5 Å². The first-order valence-corrected chi connectivity index (χ1v) is 15.4. The summed E-state index contributed by atoms with van der Waals surface area (Å²) >= 11 is 0. The molecule has 236 valence electrons. The summed E-state index contributed by atoms with van der Waals surface area (Å²) in [6.45, 7) is 17.5. The number of rotatable bonds is 5. The van der Waals surface area contributed by atoms with E-state index in [1.807, 2.05) is 30.5 Å². The van der Waals surface area contributed by atoms with Crippen LogP contribution in [0.3, 0.4) is 0 Å². The van der Waals surface area contributed by atoms with Crippen LogP contribution in [0.25, 0.3) is 27.6 Å². The van der Waals surface area contributed by atoms with Crippen molar-refractivity contribution in [1.29, 1.82) is 0 Å². The van der Waals surface area contributed by atoms with E-state index in [1.165, 1.54) is 33.5 Å². The quantitative estimate of drug-likeness (QED) is 0.163. The Morgan fingerprint density at radius 2 is 1.46 bits per heavy atom. The maximum atomic E-state index is 6.41. The summed E-state index contributed by atoms with van der Waals surface area (Å²) < 4.78 is 8.59. The van der Waals surface area contributed by atoms with Gasteiger partial charge in [0, 0.05) is 50.0 Å². The molecule has 0 fully saturated rings. The van der Waals surface area contributed by atoms with Crippen LogP contribution in [0.5, 0.6) is 11.5 Å². The Hall–Kier alpha value is -4.34. The van der Waals surface area contributed by atoms with Crippen LogP contribution in [-0.4, -0.2) is 9.55 Å². The van der Waals surface area contributed by atoms with Gasteiger partial charge in [-0.1, -0.05) is 50.6 Å². The van der Waals surface area contributed by atoms with Gasteiger partial charge in [-0.25, -0.2) is 4.98 Å². The predicted octanol–water partition coefficient (Wildman–Crippen LogP) is 10.0. The molecule has 2 aromatic heterocycles. The molecule has 0 unspecified atom stereocenters. The van der Waals surface area contributed by atoms with E-state index < -0.39 is 0 Å². The third-order valence-electron chi connectivity index (χ3n) is 8.87. The summed E-state index contributed by atoms with van der Waals surface area (Å²) in [6.07, 6.45) is 6.05. The molecule has 0 saturated heterocycles. The second-order valence-corrected chi connectivity index (χ2v) is 12.9. The molecule has 0 spiro atoms. The molecule has 1 aliphatic rings. The van der Waals surface area contributed by atoms with E-state index in [4.69, 9.17) is 9.72 Å². The molecular weight excluding hydrogens is 748 g/mol. The minimum absolute atomic E-state index is 0. The van der Waals surface area contributed by atoms with Crippen molar-refractivity contribution in [3.63, 3.8) is 0 Å². The van der Waals surface area contributed by atoms with Gasteiger partial charge in [-0.3, -0.25) is 0 Å². The number of ether oxygens (including phenoxy) is 1. The van der Waals surface area contributed by atoms with Crippen molar-refractivity contribution < 1.29 is 25.8 Å². The molecule has 6 aromatic rings. The molecule has 46 heavy (non-hydrogen) atoms. The smallest absolute Gasteiger partial charge is 0.135 e. The maximum Gasteiger partial charge on any atom is 0.135 e. The van der Waals surface area contributed by atoms with E-state index >= 15 is 0 Å². The number of aromatic nitrogens is 2. The summed E-state index contributed by atoms with van der Waals surface area (Å²) in [5.74, 6) is 2.11. The Balaban J connectivity index is 0.00000372. The number of benzene rings is 4. The topological polar surface area (TPSA) is 33.5 Å². The second-order valence-electron chi connectivity index (χ2n) is 12.9. The largest absolute Gasteiger partial charge is 0.509 e. The number of hydrogen-bond acceptors (Lipinski definition) is 4. The van der Waals surface area contributed by atoms with Crippen LogP contribution in [0.2, 0.25) is 0 Å². The van der Waals surface area contributed by atoms with Crippen LogP contribution in [0.1, 0.15) is 48.6 Å². The van der Waals surface area contributed by atoms with Gasteiger partial charge in [0.05, 0.1) is 0 Å². The molecule has 7 rings (SSSR count). The summed E-state index contributed by atoms with van der Waals surface area (Å²) in [5.41, 5.74) is 10.5. The number of para-hydroxylation sites is 1. The van der Waals surface area contributed by atoms with Crippen molar-refractivity contribution in [2.45, 2.75) is 53.9 Å². The van der Waals surface area contributed by atoms with E-state index in [1.54, 1.807) is 0 Å². The zero-order chi connectivity index (χ0) is 31.5. The third-order valence-corrected chi connectivity index (χ3v) is 8.87. The van der Waals surface area contributed by atoms with Gasteiger partial charge in [0.25, 0.3) is 0 Å². The molecule has 5 nitrogen and oxygen atoms in total. The number of hydrogen-bond donors (Lipinski definition) is 0. The molecule has 0 N–H and O–H groups in total. The van der Waals surface area contributed by atoms with Crippen LogP contribution >= 0.6 is 0 Å². The number of anilines is 2. The Kier molecular flexibility index (Phi) is 8.33. The molecule has 0 amide bonds. The van der Waals surface area contributed by atoms with Gasteiger partial charge in [0.2, 0.25) is 0 Å². The first-order valence-electron chi connectivity index (χ1n) is 15.4. The minimum atomic E-state index is 0. The number of aryl methyl sites for hydroxylation is 2. The fraction of sp³-hybridized carbons (Fsp3) is 0.200. The Morgan fingerprint density at radius 1 is 0.739 bits per heavy atom. The zero-order valence-electron chi connectivity index (χ0n) is 27.3. The Bertz CT molecular complexity index is 2090. The van der Waals surface area contributed by atoms with Crippen molar-refractivity contribution in [3.8, 4) is 17.3 Å². The first kappa shape index (κ1) is 31.6. The number of fused-ring (bicyclic) bond motifs is 3. The number of nitrogens with zero attached hydrogens (tertiary/aromatic N) is 4. The minimum Gasteiger partial charge on any atom is -0.509 e. The summed E-state index contributed by atoms with van der Waals surface area (Å²) in [7, 11) is 0. The number of pyridine rings is 1. The first-order chi connectivity index (χ1) is 21.6. The molecular formula is C40H37N4OPt-3. The van der Waals surface area contributed by atoms with Crippen LogP contribution in [-0.2, 0) is 26.5 Å². The van der Waals surface area contributed by atoms with E-state index in [2.05, 4.69) is 143 Å².